The summed E-state index contributed by atoms with van der Waals surface area (Å²) in [7, 11) is 0. The third-order valence-corrected chi connectivity index (χ3v) is 5.05. The number of fused-ring (bicyclic) bond motifs is 1. The number of anilines is 1. The van der Waals surface area contributed by atoms with Crippen LogP contribution in [0.5, 0.6) is 0 Å². The molecule has 0 radical (unpaired) electrons. The lowest BCUT2D eigenvalue weighted by molar-refractivity contribution is 0.140. The summed E-state index contributed by atoms with van der Waals surface area (Å²) in [6.45, 7) is 6.13. The summed E-state index contributed by atoms with van der Waals surface area (Å²) in [6, 6.07) is 4.67. The second-order valence-corrected chi connectivity index (χ2v) is 6.63. The van der Waals surface area contributed by atoms with Crippen LogP contribution in [0.25, 0.3) is 0 Å². The van der Waals surface area contributed by atoms with Crippen molar-refractivity contribution in [2.75, 3.05) is 31.1 Å². The molecule has 0 aliphatic carbocycles. The Morgan fingerprint density at radius 1 is 1.38 bits per heavy atom. The van der Waals surface area contributed by atoms with Crippen LogP contribution < -0.4 is 10.2 Å². The maximum absolute atomic E-state index is 11.3. The summed E-state index contributed by atoms with van der Waals surface area (Å²) in [5.41, 5.74) is 3.61. The summed E-state index contributed by atoms with van der Waals surface area (Å²) in [5, 5.41) is 12.7. The maximum atomic E-state index is 11.3. The third-order valence-electron chi connectivity index (χ3n) is 4.31. The number of hydrogen-bond donors (Lipinski definition) is 2. The van der Waals surface area contributed by atoms with Gasteiger partial charge >= 0.3 is 6.09 Å². The lowest BCUT2D eigenvalue weighted by Gasteiger charge is -2.37. The van der Waals surface area contributed by atoms with Gasteiger partial charge in [-0.05, 0) is 36.6 Å². The van der Waals surface area contributed by atoms with Crippen molar-refractivity contribution in [2.24, 2.45) is 0 Å². The van der Waals surface area contributed by atoms with Gasteiger partial charge in [0.2, 0.25) is 0 Å². The van der Waals surface area contributed by atoms with E-state index in [-0.39, 0.29) is 0 Å². The third kappa shape index (κ3) is 2.87. The molecule has 0 bridgehead atoms. The molecular formula is C15H20BrN3O2. The minimum atomic E-state index is -0.833. The topological polar surface area (TPSA) is 55.8 Å². The molecule has 1 amide bonds. The van der Waals surface area contributed by atoms with E-state index in [1.807, 2.05) is 0 Å². The van der Waals surface area contributed by atoms with Gasteiger partial charge in [-0.3, -0.25) is 0 Å². The number of amides is 1. The maximum Gasteiger partial charge on any atom is 0.407 e. The molecular weight excluding hydrogens is 334 g/mol. The standard InChI is InChI=1S/C15H20BrN3O2/c1-10-8-18(7-5-17-10)14-3-2-13(16)11-4-6-19(15(20)21)9-12(11)14/h2-3,10,17H,4-9H2,1H3,(H,20,21)/t10-/m1/s1. The SMILES string of the molecule is C[C@@H]1CN(c2ccc(Br)c3c2CN(C(=O)O)CC3)CCN1. The first-order valence-electron chi connectivity index (χ1n) is 7.32. The minimum Gasteiger partial charge on any atom is -0.465 e. The van der Waals surface area contributed by atoms with Crippen LogP contribution in [0.4, 0.5) is 10.5 Å². The Morgan fingerprint density at radius 2 is 2.19 bits per heavy atom. The quantitative estimate of drug-likeness (QED) is 0.813. The molecule has 6 heteroatoms. The Bertz CT molecular complexity index is 564. The van der Waals surface area contributed by atoms with Crippen LogP contribution in [0.1, 0.15) is 18.1 Å². The molecule has 1 aromatic carbocycles. The fraction of sp³-hybridized carbons (Fsp3) is 0.533. The molecule has 114 valence electrons. The number of carboxylic acid groups (broad SMARTS) is 1. The monoisotopic (exact) mass is 353 g/mol. The van der Waals surface area contributed by atoms with Gasteiger partial charge in [0, 0.05) is 42.4 Å². The zero-order valence-electron chi connectivity index (χ0n) is 12.1. The first kappa shape index (κ1) is 14.7. The highest BCUT2D eigenvalue weighted by atomic mass is 79.9. The van der Waals surface area contributed by atoms with E-state index in [2.05, 4.69) is 45.2 Å². The van der Waals surface area contributed by atoms with E-state index in [4.69, 9.17) is 0 Å². The first-order valence-corrected chi connectivity index (χ1v) is 8.12. The normalized spacial score (nSPS) is 22.1. The number of hydrogen-bond acceptors (Lipinski definition) is 3. The lowest BCUT2D eigenvalue weighted by atomic mass is 9.97. The minimum absolute atomic E-state index is 0.456. The average molecular weight is 354 g/mol. The summed E-state index contributed by atoms with van der Waals surface area (Å²) >= 11 is 3.61. The molecule has 5 nitrogen and oxygen atoms in total. The van der Waals surface area contributed by atoms with Crippen molar-refractivity contribution in [3.8, 4) is 0 Å². The number of nitrogens with zero attached hydrogens (tertiary/aromatic N) is 2. The highest BCUT2D eigenvalue weighted by Crippen LogP contribution is 2.34. The molecule has 2 aliphatic rings. The predicted octanol–water partition coefficient (Wildman–Crippen LogP) is 2.28. The Balaban J connectivity index is 1.96. The predicted molar refractivity (Wildman–Crippen MR) is 86.0 cm³/mol. The van der Waals surface area contributed by atoms with Crippen LogP contribution in [0.3, 0.4) is 0 Å². The molecule has 21 heavy (non-hydrogen) atoms. The van der Waals surface area contributed by atoms with Gasteiger partial charge in [0.25, 0.3) is 0 Å². The number of benzene rings is 1. The smallest absolute Gasteiger partial charge is 0.407 e. The molecule has 0 unspecified atom stereocenters. The van der Waals surface area contributed by atoms with Crippen molar-refractivity contribution >= 4 is 27.7 Å². The molecule has 0 aromatic heterocycles. The molecule has 2 N–H and O–H groups in total. The molecule has 1 saturated heterocycles. The molecule has 2 aliphatic heterocycles. The second-order valence-electron chi connectivity index (χ2n) is 5.78. The zero-order valence-corrected chi connectivity index (χ0v) is 13.7. The van der Waals surface area contributed by atoms with E-state index in [1.54, 1.807) is 0 Å². The highest BCUT2D eigenvalue weighted by Gasteiger charge is 2.27. The van der Waals surface area contributed by atoms with E-state index >= 15 is 0 Å². The van der Waals surface area contributed by atoms with E-state index in [1.165, 1.54) is 16.2 Å². The van der Waals surface area contributed by atoms with Gasteiger partial charge in [0.1, 0.15) is 0 Å². The Kier molecular flexibility index (Phi) is 4.08. The van der Waals surface area contributed by atoms with Crippen molar-refractivity contribution < 1.29 is 9.90 Å². The van der Waals surface area contributed by atoms with Gasteiger partial charge in [0.15, 0.2) is 0 Å². The number of halogens is 1. The van der Waals surface area contributed by atoms with E-state index in [0.717, 1.165) is 36.1 Å². The second kappa shape index (κ2) is 5.85. The van der Waals surface area contributed by atoms with Crippen LogP contribution >= 0.6 is 15.9 Å². The molecule has 1 aromatic rings. The number of rotatable bonds is 1. The van der Waals surface area contributed by atoms with Gasteiger partial charge in [-0.15, -0.1) is 0 Å². The van der Waals surface area contributed by atoms with Crippen LogP contribution in [0.2, 0.25) is 0 Å². The van der Waals surface area contributed by atoms with Crippen molar-refractivity contribution in [1.82, 2.24) is 10.2 Å². The van der Waals surface area contributed by atoms with Crippen LogP contribution in [-0.4, -0.2) is 48.3 Å². The molecule has 0 saturated carbocycles. The van der Waals surface area contributed by atoms with Crippen molar-refractivity contribution in [2.45, 2.75) is 25.9 Å². The van der Waals surface area contributed by atoms with Crippen LogP contribution in [-0.2, 0) is 13.0 Å². The van der Waals surface area contributed by atoms with Crippen LogP contribution in [0.15, 0.2) is 16.6 Å². The Labute approximate surface area is 133 Å². The highest BCUT2D eigenvalue weighted by molar-refractivity contribution is 9.10. The van der Waals surface area contributed by atoms with E-state index in [0.29, 0.717) is 19.1 Å². The average Bonchev–Trinajstić information content (AvgIpc) is 2.47. The fourth-order valence-corrected chi connectivity index (χ4v) is 3.80. The van der Waals surface area contributed by atoms with Gasteiger partial charge in [-0.1, -0.05) is 15.9 Å². The van der Waals surface area contributed by atoms with Crippen molar-refractivity contribution in [3.63, 3.8) is 0 Å². The van der Waals surface area contributed by atoms with Gasteiger partial charge in [-0.25, -0.2) is 4.79 Å². The fourth-order valence-electron chi connectivity index (χ4n) is 3.23. The molecule has 1 fully saturated rings. The number of nitrogens with one attached hydrogen (secondary N) is 1. The lowest BCUT2D eigenvalue weighted by Crippen LogP contribution is -2.50. The van der Waals surface area contributed by atoms with E-state index < -0.39 is 6.09 Å². The van der Waals surface area contributed by atoms with E-state index in [9.17, 15) is 9.90 Å². The Hall–Kier alpha value is -1.27. The van der Waals surface area contributed by atoms with Crippen LogP contribution in [0, 0.1) is 0 Å². The van der Waals surface area contributed by atoms with Gasteiger partial charge in [-0.2, -0.15) is 0 Å². The summed E-state index contributed by atoms with van der Waals surface area (Å²) in [4.78, 5) is 15.2. The number of piperazine rings is 1. The molecule has 3 rings (SSSR count). The number of carbonyl (C=O) groups is 1. The molecule has 0 spiro atoms. The summed E-state index contributed by atoms with van der Waals surface area (Å²) in [5.74, 6) is 0. The summed E-state index contributed by atoms with van der Waals surface area (Å²) in [6.07, 6.45) is -0.0576. The van der Waals surface area contributed by atoms with Gasteiger partial charge < -0.3 is 20.2 Å². The summed E-state index contributed by atoms with van der Waals surface area (Å²) < 4.78 is 1.09. The Morgan fingerprint density at radius 3 is 2.90 bits per heavy atom. The molecule has 2 heterocycles. The van der Waals surface area contributed by atoms with Crippen molar-refractivity contribution in [3.05, 3.63) is 27.7 Å². The zero-order chi connectivity index (χ0) is 15.0. The largest absolute Gasteiger partial charge is 0.465 e. The van der Waals surface area contributed by atoms with Gasteiger partial charge in [0.05, 0.1) is 6.54 Å². The first-order chi connectivity index (χ1) is 10.1. The van der Waals surface area contributed by atoms with Crippen molar-refractivity contribution in [1.29, 1.82) is 0 Å². The molecule has 1 atom stereocenters.